The van der Waals surface area contributed by atoms with Crippen molar-refractivity contribution >= 4 is 6.08 Å². The summed E-state index contributed by atoms with van der Waals surface area (Å²) < 4.78 is 12.8. The maximum atomic E-state index is 9.96. The number of imidazole rings is 1. The highest BCUT2D eigenvalue weighted by Gasteiger charge is 2.09. The van der Waals surface area contributed by atoms with Gasteiger partial charge in [-0.3, -0.25) is 0 Å². The van der Waals surface area contributed by atoms with Gasteiger partial charge in [-0.15, -0.1) is 0 Å². The number of nitrogens with zero attached hydrogens (tertiary/aromatic N) is 2. The van der Waals surface area contributed by atoms with Gasteiger partial charge in [0.25, 0.3) is 0 Å². The molecule has 0 fully saturated rings. The van der Waals surface area contributed by atoms with E-state index in [2.05, 4.69) is 4.98 Å². The van der Waals surface area contributed by atoms with Crippen LogP contribution >= 0.6 is 0 Å². The first-order chi connectivity index (χ1) is 10.2. The zero-order valence-electron chi connectivity index (χ0n) is 12.3. The predicted octanol–water partition coefficient (Wildman–Crippen LogP) is 2.36. The molecule has 0 aliphatic rings. The number of methoxy groups -OCH3 is 1. The van der Waals surface area contributed by atoms with Gasteiger partial charge in [-0.2, -0.15) is 0 Å². The number of aliphatic hydroxyl groups is 1. The number of hydrogen-bond acceptors (Lipinski definition) is 4. The molecule has 1 N–H and O–H groups in total. The molecule has 0 amide bonds. The highest BCUT2D eigenvalue weighted by Crippen LogP contribution is 2.28. The van der Waals surface area contributed by atoms with Crippen molar-refractivity contribution in [2.45, 2.75) is 19.6 Å². The lowest BCUT2D eigenvalue weighted by atomic mass is 10.2. The highest BCUT2D eigenvalue weighted by atomic mass is 16.5. The Morgan fingerprint density at radius 1 is 1.38 bits per heavy atom. The van der Waals surface area contributed by atoms with Crippen molar-refractivity contribution < 1.29 is 14.6 Å². The first-order valence-corrected chi connectivity index (χ1v) is 6.80. The van der Waals surface area contributed by atoms with Crippen molar-refractivity contribution in [3.63, 3.8) is 0 Å². The number of aromatic nitrogens is 2. The molecule has 1 atom stereocenters. The van der Waals surface area contributed by atoms with E-state index in [0.29, 0.717) is 18.0 Å². The topological polar surface area (TPSA) is 56.5 Å². The zero-order chi connectivity index (χ0) is 15.1. The summed E-state index contributed by atoms with van der Waals surface area (Å²) in [4.78, 5) is 3.93. The Balaban J connectivity index is 1.95. The minimum absolute atomic E-state index is 0.192. The molecule has 0 radical (unpaired) electrons. The molecule has 0 saturated carbocycles. The van der Waals surface area contributed by atoms with Gasteiger partial charge in [0.2, 0.25) is 0 Å². The van der Waals surface area contributed by atoms with Crippen molar-refractivity contribution in [2.24, 2.45) is 0 Å². The van der Waals surface area contributed by atoms with Crippen molar-refractivity contribution in [2.75, 3.05) is 13.7 Å². The van der Waals surface area contributed by atoms with Crippen LogP contribution in [0.4, 0.5) is 0 Å². The number of aliphatic hydroxyl groups excluding tert-OH is 1. The second kappa shape index (κ2) is 7.50. The van der Waals surface area contributed by atoms with Gasteiger partial charge in [0.1, 0.15) is 12.7 Å². The first-order valence-electron chi connectivity index (χ1n) is 6.80. The van der Waals surface area contributed by atoms with E-state index >= 15 is 0 Å². The smallest absolute Gasteiger partial charge is 0.161 e. The van der Waals surface area contributed by atoms with E-state index in [1.165, 1.54) is 0 Å². The zero-order valence-corrected chi connectivity index (χ0v) is 12.3. The minimum atomic E-state index is -0.612. The summed E-state index contributed by atoms with van der Waals surface area (Å²) in [5.41, 5.74) is 1.04. The third kappa shape index (κ3) is 4.36. The molecule has 0 spiro atoms. The molecule has 5 nitrogen and oxygen atoms in total. The Kier molecular flexibility index (Phi) is 5.40. The quantitative estimate of drug-likeness (QED) is 0.850. The van der Waals surface area contributed by atoms with Crippen molar-refractivity contribution in [1.29, 1.82) is 0 Å². The molecule has 112 valence electrons. The molecular formula is C16H20N2O3. The summed E-state index contributed by atoms with van der Waals surface area (Å²) in [6.07, 6.45) is 8.48. The van der Waals surface area contributed by atoms with Gasteiger partial charge in [0, 0.05) is 12.4 Å². The van der Waals surface area contributed by atoms with E-state index < -0.39 is 6.10 Å². The maximum absolute atomic E-state index is 9.96. The number of rotatable bonds is 7. The lowest BCUT2D eigenvalue weighted by molar-refractivity contribution is 0.0910. The van der Waals surface area contributed by atoms with E-state index in [4.69, 9.17) is 9.47 Å². The maximum Gasteiger partial charge on any atom is 0.161 e. The Morgan fingerprint density at radius 3 is 2.90 bits per heavy atom. The first kappa shape index (κ1) is 15.1. The third-order valence-corrected chi connectivity index (χ3v) is 2.96. The van der Waals surface area contributed by atoms with E-state index in [0.717, 1.165) is 5.56 Å². The minimum Gasteiger partial charge on any atom is -0.493 e. The van der Waals surface area contributed by atoms with Crippen molar-refractivity contribution in [1.82, 2.24) is 9.55 Å². The fourth-order valence-corrected chi connectivity index (χ4v) is 1.98. The standard InChI is InChI=1S/C16H20N2O3/c1-3-4-13-5-6-15(16(9-13)20-2)21-11-14(19)10-18-8-7-17-12-18/h3-9,12,14,19H,10-11H2,1-2H3/b4-3-/t14-/m0/s1. The predicted molar refractivity (Wildman–Crippen MR) is 81.4 cm³/mol. The fourth-order valence-electron chi connectivity index (χ4n) is 1.98. The van der Waals surface area contributed by atoms with Crippen molar-refractivity contribution in [3.05, 3.63) is 48.6 Å². The van der Waals surface area contributed by atoms with E-state index in [9.17, 15) is 5.11 Å². The Hall–Kier alpha value is -2.27. The lowest BCUT2D eigenvalue weighted by Crippen LogP contribution is -2.23. The average molecular weight is 288 g/mol. The largest absolute Gasteiger partial charge is 0.493 e. The van der Waals surface area contributed by atoms with Crippen LogP contribution in [-0.4, -0.2) is 34.5 Å². The van der Waals surface area contributed by atoms with Crippen LogP contribution in [0.15, 0.2) is 43.0 Å². The number of benzene rings is 1. The summed E-state index contributed by atoms with van der Waals surface area (Å²) in [6, 6.07) is 5.69. The van der Waals surface area contributed by atoms with E-state index in [1.54, 1.807) is 30.4 Å². The van der Waals surface area contributed by atoms with Crippen LogP contribution in [-0.2, 0) is 6.54 Å². The normalized spacial score (nSPS) is 12.5. The molecule has 5 heteroatoms. The van der Waals surface area contributed by atoms with Gasteiger partial charge in [0.05, 0.1) is 20.0 Å². The molecule has 0 aliphatic heterocycles. The molecule has 1 aromatic carbocycles. The molecule has 0 aliphatic carbocycles. The van der Waals surface area contributed by atoms with Gasteiger partial charge in [-0.25, -0.2) is 4.98 Å². The summed E-state index contributed by atoms with van der Waals surface area (Å²) in [7, 11) is 1.60. The second-order valence-electron chi connectivity index (χ2n) is 4.63. The monoisotopic (exact) mass is 288 g/mol. The molecule has 0 saturated heterocycles. The number of hydrogen-bond donors (Lipinski definition) is 1. The lowest BCUT2D eigenvalue weighted by Gasteiger charge is -2.15. The fraction of sp³-hybridized carbons (Fsp3) is 0.312. The Bertz CT molecular complexity index is 579. The molecule has 2 rings (SSSR count). The molecule has 0 bridgehead atoms. The summed E-state index contributed by atoms with van der Waals surface area (Å²) >= 11 is 0. The van der Waals surface area contributed by atoms with Crippen LogP contribution in [0.5, 0.6) is 11.5 Å². The van der Waals surface area contributed by atoms with Gasteiger partial charge in [0.15, 0.2) is 11.5 Å². The van der Waals surface area contributed by atoms with Gasteiger partial charge in [-0.1, -0.05) is 18.2 Å². The Labute approximate surface area is 124 Å². The van der Waals surface area contributed by atoms with Crippen LogP contribution in [0.2, 0.25) is 0 Å². The summed E-state index contributed by atoms with van der Waals surface area (Å²) in [5.74, 6) is 1.27. The SMILES string of the molecule is C/C=C\c1ccc(OC[C@@H](O)Cn2ccnc2)c(OC)c1. The van der Waals surface area contributed by atoms with Gasteiger partial charge < -0.3 is 19.1 Å². The van der Waals surface area contributed by atoms with Crippen LogP contribution in [0.25, 0.3) is 6.08 Å². The van der Waals surface area contributed by atoms with Crippen LogP contribution in [0.3, 0.4) is 0 Å². The summed E-state index contributed by atoms with van der Waals surface area (Å²) in [6.45, 7) is 2.60. The summed E-state index contributed by atoms with van der Waals surface area (Å²) in [5, 5.41) is 9.96. The molecule has 21 heavy (non-hydrogen) atoms. The van der Waals surface area contributed by atoms with Crippen LogP contribution < -0.4 is 9.47 Å². The average Bonchev–Trinajstić information content (AvgIpc) is 2.99. The van der Waals surface area contributed by atoms with Gasteiger partial charge in [-0.05, 0) is 24.6 Å². The van der Waals surface area contributed by atoms with E-state index in [1.807, 2.05) is 37.3 Å². The van der Waals surface area contributed by atoms with Gasteiger partial charge >= 0.3 is 0 Å². The number of ether oxygens (including phenoxy) is 2. The van der Waals surface area contributed by atoms with Crippen LogP contribution in [0, 0.1) is 0 Å². The van der Waals surface area contributed by atoms with E-state index in [-0.39, 0.29) is 6.61 Å². The highest BCUT2D eigenvalue weighted by molar-refractivity contribution is 5.55. The van der Waals surface area contributed by atoms with Crippen molar-refractivity contribution in [3.8, 4) is 11.5 Å². The second-order valence-corrected chi connectivity index (χ2v) is 4.63. The molecular weight excluding hydrogens is 268 g/mol. The molecule has 1 aromatic heterocycles. The molecule has 1 heterocycles. The Morgan fingerprint density at radius 2 is 2.24 bits per heavy atom. The molecule has 0 unspecified atom stereocenters. The van der Waals surface area contributed by atoms with Crippen LogP contribution in [0.1, 0.15) is 12.5 Å². The molecule has 2 aromatic rings. The number of allylic oxidation sites excluding steroid dienone is 1. The third-order valence-electron chi connectivity index (χ3n) is 2.96.